The number of alkyl halides is 2. The second-order valence-electron chi connectivity index (χ2n) is 5.25. The van der Waals surface area contributed by atoms with Crippen molar-refractivity contribution in [2.45, 2.75) is 6.61 Å². The first-order valence-electron chi connectivity index (χ1n) is 7.63. The number of aromatic nitrogens is 1. The number of ether oxygens (including phenoxy) is 2. The van der Waals surface area contributed by atoms with Crippen molar-refractivity contribution >= 4 is 11.8 Å². The molecule has 0 saturated carbocycles. The number of carbonyl (C=O) groups excluding carboxylic acids is 1. The van der Waals surface area contributed by atoms with Crippen molar-refractivity contribution in [3.05, 3.63) is 59.9 Å². The third-order valence-corrected chi connectivity index (χ3v) is 3.54. The van der Waals surface area contributed by atoms with E-state index in [9.17, 15) is 18.0 Å². The average molecular weight is 378 g/mol. The molecule has 0 spiro atoms. The summed E-state index contributed by atoms with van der Waals surface area (Å²) in [6.07, 6.45) is 0. The third-order valence-electron chi connectivity index (χ3n) is 3.54. The largest absolute Gasteiger partial charge is 0.493 e. The summed E-state index contributed by atoms with van der Waals surface area (Å²) in [5.74, 6) is -1.43. The molecule has 3 aromatic rings. The first-order valence-corrected chi connectivity index (χ1v) is 7.63. The number of amides is 1. The van der Waals surface area contributed by atoms with E-state index in [1.54, 1.807) is 6.07 Å². The lowest BCUT2D eigenvalue weighted by Crippen LogP contribution is -2.12. The van der Waals surface area contributed by atoms with Gasteiger partial charge in [-0.1, -0.05) is 17.3 Å². The van der Waals surface area contributed by atoms with Gasteiger partial charge in [0, 0.05) is 17.2 Å². The highest BCUT2D eigenvalue weighted by molar-refractivity contribution is 6.04. The molecule has 0 aliphatic rings. The summed E-state index contributed by atoms with van der Waals surface area (Å²) >= 11 is 0. The average Bonchev–Trinajstić information content (AvgIpc) is 3.09. The van der Waals surface area contributed by atoms with Crippen molar-refractivity contribution in [1.29, 1.82) is 0 Å². The Morgan fingerprint density at radius 1 is 1.15 bits per heavy atom. The van der Waals surface area contributed by atoms with Gasteiger partial charge in [0.15, 0.2) is 11.5 Å². The number of nitrogens with one attached hydrogen (secondary N) is 1. The van der Waals surface area contributed by atoms with Crippen molar-refractivity contribution in [2.24, 2.45) is 0 Å². The lowest BCUT2D eigenvalue weighted by molar-refractivity contribution is -0.0512. The van der Waals surface area contributed by atoms with Crippen molar-refractivity contribution in [1.82, 2.24) is 5.16 Å². The molecule has 1 N–H and O–H groups in total. The molecule has 27 heavy (non-hydrogen) atoms. The number of hydrogen-bond donors (Lipinski definition) is 1. The SMILES string of the molecule is COc1ccc(C(=O)Nc2cc(-c3ccccc3F)no2)cc1OC(F)F. The van der Waals surface area contributed by atoms with E-state index in [1.807, 2.05) is 0 Å². The van der Waals surface area contributed by atoms with Gasteiger partial charge in [-0.2, -0.15) is 8.78 Å². The fourth-order valence-electron chi connectivity index (χ4n) is 2.32. The number of carbonyl (C=O) groups is 1. The molecular formula is C18H13F3N2O4. The zero-order valence-corrected chi connectivity index (χ0v) is 13.9. The summed E-state index contributed by atoms with van der Waals surface area (Å²) in [5, 5.41) is 6.12. The topological polar surface area (TPSA) is 73.6 Å². The first-order chi connectivity index (χ1) is 13.0. The van der Waals surface area contributed by atoms with Crippen LogP contribution in [0.5, 0.6) is 11.5 Å². The summed E-state index contributed by atoms with van der Waals surface area (Å²) in [5.41, 5.74) is 0.425. The Morgan fingerprint density at radius 3 is 2.63 bits per heavy atom. The van der Waals surface area contributed by atoms with Crippen molar-refractivity contribution in [2.75, 3.05) is 12.4 Å². The van der Waals surface area contributed by atoms with Crippen LogP contribution in [0.3, 0.4) is 0 Å². The fourth-order valence-corrected chi connectivity index (χ4v) is 2.32. The molecule has 0 aliphatic heterocycles. The number of methoxy groups -OCH3 is 1. The van der Waals surface area contributed by atoms with Gasteiger partial charge in [0.05, 0.1) is 7.11 Å². The van der Waals surface area contributed by atoms with Crippen molar-refractivity contribution < 1.29 is 32.0 Å². The van der Waals surface area contributed by atoms with Crippen LogP contribution in [-0.2, 0) is 0 Å². The second-order valence-corrected chi connectivity index (χ2v) is 5.25. The van der Waals surface area contributed by atoms with Crippen LogP contribution in [0.1, 0.15) is 10.4 Å². The monoisotopic (exact) mass is 378 g/mol. The van der Waals surface area contributed by atoms with E-state index in [2.05, 4.69) is 15.2 Å². The highest BCUT2D eigenvalue weighted by atomic mass is 19.3. The molecule has 0 aliphatic carbocycles. The van der Waals surface area contributed by atoms with Crippen LogP contribution >= 0.6 is 0 Å². The van der Waals surface area contributed by atoms with Crippen LogP contribution in [0.2, 0.25) is 0 Å². The molecular weight excluding hydrogens is 365 g/mol. The molecule has 1 amide bonds. The van der Waals surface area contributed by atoms with Gasteiger partial charge in [-0.3, -0.25) is 10.1 Å². The lowest BCUT2D eigenvalue weighted by atomic mass is 10.1. The van der Waals surface area contributed by atoms with E-state index < -0.39 is 18.3 Å². The Morgan fingerprint density at radius 2 is 1.93 bits per heavy atom. The number of halogens is 3. The predicted molar refractivity (Wildman–Crippen MR) is 89.5 cm³/mol. The minimum absolute atomic E-state index is 0.0234. The number of rotatable bonds is 6. The molecule has 2 aromatic carbocycles. The minimum Gasteiger partial charge on any atom is -0.493 e. The molecule has 0 fully saturated rings. The van der Waals surface area contributed by atoms with Gasteiger partial charge in [0.25, 0.3) is 5.91 Å². The number of anilines is 1. The number of nitrogens with zero attached hydrogens (tertiary/aromatic N) is 1. The highest BCUT2D eigenvalue weighted by Gasteiger charge is 2.17. The van der Waals surface area contributed by atoms with Gasteiger partial charge in [0.2, 0.25) is 5.88 Å². The number of hydrogen-bond acceptors (Lipinski definition) is 5. The maximum Gasteiger partial charge on any atom is 0.387 e. The van der Waals surface area contributed by atoms with E-state index in [0.29, 0.717) is 0 Å². The van der Waals surface area contributed by atoms with Gasteiger partial charge < -0.3 is 14.0 Å². The van der Waals surface area contributed by atoms with Gasteiger partial charge in [0.1, 0.15) is 11.5 Å². The van der Waals surface area contributed by atoms with E-state index >= 15 is 0 Å². The maximum absolute atomic E-state index is 13.8. The first kappa shape index (κ1) is 18.3. The summed E-state index contributed by atoms with van der Waals surface area (Å²) < 4.78 is 53.0. The lowest BCUT2D eigenvalue weighted by Gasteiger charge is -2.11. The quantitative estimate of drug-likeness (QED) is 0.691. The van der Waals surface area contributed by atoms with E-state index in [0.717, 1.165) is 6.07 Å². The third kappa shape index (κ3) is 4.20. The van der Waals surface area contributed by atoms with E-state index in [4.69, 9.17) is 9.26 Å². The molecule has 0 bridgehead atoms. The molecule has 6 nitrogen and oxygen atoms in total. The van der Waals surface area contributed by atoms with Crippen LogP contribution in [0, 0.1) is 5.82 Å². The van der Waals surface area contributed by atoms with Gasteiger partial charge in [-0.25, -0.2) is 4.39 Å². The van der Waals surface area contributed by atoms with E-state index in [1.165, 1.54) is 43.5 Å². The van der Waals surface area contributed by atoms with Crippen LogP contribution in [-0.4, -0.2) is 24.8 Å². The fraction of sp³-hybridized carbons (Fsp3) is 0.111. The van der Waals surface area contributed by atoms with Crippen LogP contribution < -0.4 is 14.8 Å². The molecule has 0 radical (unpaired) electrons. The standard InChI is InChI=1S/C18H13F3N2O4/c1-25-14-7-6-10(8-15(14)26-18(20)21)17(24)22-16-9-13(23-27-16)11-4-2-3-5-12(11)19/h2-9,18H,1H3,(H,22,24). The van der Waals surface area contributed by atoms with E-state index in [-0.39, 0.29) is 34.2 Å². The summed E-state index contributed by atoms with van der Waals surface area (Å²) in [4.78, 5) is 12.3. The molecule has 0 unspecified atom stereocenters. The molecule has 0 atom stereocenters. The van der Waals surface area contributed by atoms with Crippen molar-refractivity contribution in [3.63, 3.8) is 0 Å². The summed E-state index contributed by atoms with van der Waals surface area (Å²) in [6.45, 7) is -3.07. The normalized spacial score (nSPS) is 10.7. The van der Waals surface area contributed by atoms with Crippen LogP contribution in [0.4, 0.5) is 19.1 Å². The zero-order chi connectivity index (χ0) is 19.4. The van der Waals surface area contributed by atoms with Crippen LogP contribution in [0.25, 0.3) is 11.3 Å². The van der Waals surface area contributed by atoms with Gasteiger partial charge >= 0.3 is 6.61 Å². The van der Waals surface area contributed by atoms with Crippen LogP contribution in [0.15, 0.2) is 53.1 Å². The molecule has 9 heteroatoms. The Labute approximate surface area is 151 Å². The summed E-state index contributed by atoms with van der Waals surface area (Å²) in [7, 11) is 1.28. The molecule has 1 heterocycles. The zero-order valence-electron chi connectivity index (χ0n) is 13.9. The highest BCUT2D eigenvalue weighted by Crippen LogP contribution is 2.30. The minimum atomic E-state index is -3.07. The smallest absolute Gasteiger partial charge is 0.387 e. The molecule has 0 saturated heterocycles. The second kappa shape index (κ2) is 7.81. The Kier molecular flexibility index (Phi) is 5.30. The Balaban J connectivity index is 1.79. The maximum atomic E-state index is 13.8. The van der Waals surface area contributed by atoms with Crippen molar-refractivity contribution in [3.8, 4) is 22.8 Å². The Bertz CT molecular complexity index is 959. The predicted octanol–water partition coefficient (Wildman–Crippen LogP) is 4.34. The van der Waals surface area contributed by atoms with Gasteiger partial charge in [-0.15, -0.1) is 0 Å². The van der Waals surface area contributed by atoms with Gasteiger partial charge in [-0.05, 0) is 30.3 Å². The Hall–Kier alpha value is -3.49. The number of benzene rings is 2. The molecule has 140 valence electrons. The summed E-state index contributed by atoms with van der Waals surface area (Å²) in [6, 6.07) is 11.1. The molecule has 1 aromatic heterocycles. The molecule has 3 rings (SSSR count).